The van der Waals surface area contributed by atoms with Gasteiger partial charge in [-0.1, -0.05) is 11.6 Å². The van der Waals surface area contributed by atoms with Crippen LogP contribution in [0.2, 0.25) is 4.34 Å². The average molecular weight is 299 g/mol. The molecule has 96 valence electrons. The highest BCUT2D eigenvalue weighted by atomic mass is 35.5. The van der Waals surface area contributed by atoms with Crippen LogP contribution in [0.4, 0.5) is 5.69 Å². The predicted molar refractivity (Wildman–Crippen MR) is 66.1 cm³/mol. The molecule has 1 rings (SSSR count). The summed E-state index contributed by atoms with van der Waals surface area (Å²) in [4.78, 5) is 9.88. The van der Waals surface area contributed by atoms with Crippen molar-refractivity contribution in [3.63, 3.8) is 0 Å². The first-order chi connectivity index (χ1) is 7.67. The molecule has 0 bridgehead atoms. The van der Waals surface area contributed by atoms with Gasteiger partial charge in [-0.15, -0.1) is 11.3 Å². The van der Waals surface area contributed by atoms with Gasteiger partial charge in [-0.3, -0.25) is 10.1 Å². The van der Waals surface area contributed by atoms with Gasteiger partial charge in [0.05, 0.1) is 4.92 Å². The van der Waals surface area contributed by atoms with E-state index in [-0.39, 0.29) is 20.3 Å². The van der Waals surface area contributed by atoms with Crippen LogP contribution in [0.1, 0.15) is 13.8 Å². The molecule has 0 aromatic carbocycles. The minimum Gasteiger partial charge on any atom is -0.258 e. The molecule has 1 aromatic heterocycles. The van der Waals surface area contributed by atoms with E-state index in [1.165, 1.54) is 7.05 Å². The Morgan fingerprint density at radius 2 is 2.06 bits per heavy atom. The first-order valence-electron chi connectivity index (χ1n) is 4.59. The van der Waals surface area contributed by atoms with Crippen LogP contribution in [0, 0.1) is 10.1 Å². The molecule has 0 atom stereocenters. The second-order valence-corrected chi connectivity index (χ2v) is 7.48. The monoisotopic (exact) mass is 298 g/mol. The predicted octanol–water partition coefficient (Wildman–Crippen LogP) is 2.34. The molecule has 0 aliphatic carbocycles. The molecule has 0 aliphatic rings. The minimum atomic E-state index is -3.71. The Morgan fingerprint density at radius 1 is 1.53 bits per heavy atom. The van der Waals surface area contributed by atoms with Crippen molar-refractivity contribution in [2.75, 3.05) is 7.05 Å². The van der Waals surface area contributed by atoms with Gasteiger partial charge in [-0.25, -0.2) is 8.42 Å². The molecule has 0 radical (unpaired) electrons. The van der Waals surface area contributed by atoms with E-state index in [1.54, 1.807) is 13.8 Å². The number of sulfonamides is 1. The Hall–Kier alpha value is -0.700. The molecule has 1 heterocycles. The van der Waals surface area contributed by atoms with Gasteiger partial charge in [0.2, 0.25) is 0 Å². The second kappa shape index (κ2) is 4.89. The van der Waals surface area contributed by atoms with Crippen LogP contribution >= 0.6 is 22.9 Å². The van der Waals surface area contributed by atoms with Crippen molar-refractivity contribution in [1.29, 1.82) is 0 Å². The summed E-state index contributed by atoms with van der Waals surface area (Å²) in [7, 11) is -2.29. The van der Waals surface area contributed by atoms with E-state index in [1.807, 2.05) is 0 Å². The lowest BCUT2D eigenvalue weighted by Crippen LogP contribution is -2.32. The summed E-state index contributed by atoms with van der Waals surface area (Å²) in [6.07, 6.45) is 0. The highest BCUT2D eigenvalue weighted by Crippen LogP contribution is 2.37. The Bertz CT molecular complexity index is 538. The molecule has 17 heavy (non-hydrogen) atoms. The normalized spacial score (nSPS) is 12.4. The average Bonchev–Trinajstić information content (AvgIpc) is 2.59. The van der Waals surface area contributed by atoms with Gasteiger partial charge in [-0.05, 0) is 13.8 Å². The van der Waals surface area contributed by atoms with Crippen LogP contribution in [0.15, 0.2) is 10.3 Å². The molecule has 0 spiro atoms. The maximum Gasteiger partial charge on any atom is 0.300 e. The maximum absolute atomic E-state index is 12.0. The van der Waals surface area contributed by atoms with Crippen LogP contribution < -0.4 is 0 Å². The van der Waals surface area contributed by atoms with Crippen LogP contribution in [-0.2, 0) is 10.0 Å². The number of halogens is 1. The smallest absolute Gasteiger partial charge is 0.258 e. The summed E-state index contributed by atoms with van der Waals surface area (Å²) >= 11 is 6.31. The lowest BCUT2D eigenvalue weighted by Gasteiger charge is -2.19. The molecule has 0 unspecified atom stereocenters. The fourth-order valence-corrected chi connectivity index (χ4v) is 4.23. The number of rotatable bonds is 4. The van der Waals surface area contributed by atoms with Gasteiger partial charge < -0.3 is 0 Å². The zero-order valence-corrected chi connectivity index (χ0v) is 11.8. The van der Waals surface area contributed by atoms with Gasteiger partial charge in [0.1, 0.15) is 4.21 Å². The molecule has 6 nitrogen and oxygen atoms in total. The molecule has 0 saturated heterocycles. The number of nitro groups is 1. The molecule has 0 N–H and O–H groups in total. The number of hydrogen-bond donors (Lipinski definition) is 0. The quantitative estimate of drug-likeness (QED) is 0.631. The summed E-state index contributed by atoms with van der Waals surface area (Å²) in [5.41, 5.74) is -0.382. The number of hydrogen-bond acceptors (Lipinski definition) is 5. The third-order valence-corrected chi connectivity index (χ3v) is 6.02. The summed E-state index contributed by atoms with van der Waals surface area (Å²) in [5, 5.41) is 10.6. The molecule has 0 aliphatic heterocycles. The summed E-state index contributed by atoms with van der Waals surface area (Å²) in [5.74, 6) is 0. The summed E-state index contributed by atoms with van der Waals surface area (Å²) in [6.45, 7) is 3.42. The highest BCUT2D eigenvalue weighted by molar-refractivity contribution is 7.91. The second-order valence-electron chi connectivity index (χ2n) is 3.60. The van der Waals surface area contributed by atoms with E-state index >= 15 is 0 Å². The van der Waals surface area contributed by atoms with Gasteiger partial charge in [-0.2, -0.15) is 4.31 Å². The molecule has 0 fully saturated rings. The maximum atomic E-state index is 12.0. The molecule has 1 aromatic rings. The third kappa shape index (κ3) is 2.76. The number of thiophene rings is 1. The SMILES string of the molecule is CC(C)N(C)S(=O)(=O)c1cc([N+](=O)[O-])c(Cl)s1. The van der Waals surface area contributed by atoms with Gasteiger partial charge in [0.15, 0.2) is 4.34 Å². The lowest BCUT2D eigenvalue weighted by atomic mass is 10.4. The van der Waals surface area contributed by atoms with Crippen LogP contribution in [0.5, 0.6) is 0 Å². The van der Waals surface area contributed by atoms with Crippen molar-refractivity contribution in [3.8, 4) is 0 Å². The van der Waals surface area contributed by atoms with Crippen LogP contribution in [0.25, 0.3) is 0 Å². The van der Waals surface area contributed by atoms with E-state index in [0.717, 1.165) is 10.4 Å². The van der Waals surface area contributed by atoms with Crippen LogP contribution in [0.3, 0.4) is 0 Å². The van der Waals surface area contributed by atoms with Gasteiger partial charge >= 0.3 is 0 Å². The topological polar surface area (TPSA) is 80.5 Å². The van der Waals surface area contributed by atoms with Crippen molar-refractivity contribution < 1.29 is 13.3 Å². The molecular formula is C8H11ClN2O4S2. The van der Waals surface area contributed by atoms with Gasteiger partial charge in [0.25, 0.3) is 15.7 Å². The summed E-state index contributed by atoms with van der Waals surface area (Å²) < 4.78 is 24.9. The van der Waals surface area contributed by atoms with Crippen LogP contribution in [-0.4, -0.2) is 30.7 Å². The van der Waals surface area contributed by atoms with E-state index in [4.69, 9.17) is 11.6 Å². The van der Waals surface area contributed by atoms with E-state index < -0.39 is 14.9 Å². The fraction of sp³-hybridized carbons (Fsp3) is 0.500. The minimum absolute atomic E-state index is 0.120. The van der Waals surface area contributed by atoms with Crippen molar-refractivity contribution in [1.82, 2.24) is 4.31 Å². The fourth-order valence-electron chi connectivity index (χ4n) is 1.01. The molecular weight excluding hydrogens is 288 g/mol. The zero-order valence-electron chi connectivity index (χ0n) is 9.38. The Morgan fingerprint density at radius 3 is 2.41 bits per heavy atom. The van der Waals surface area contributed by atoms with Crippen molar-refractivity contribution >= 4 is 38.6 Å². The summed E-state index contributed by atoms with van der Waals surface area (Å²) in [6, 6.07) is 0.751. The first kappa shape index (κ1) is 14.4. The molecule has 0 amide bonds. The largest absolute Gasteiger partial charge is 0.300 e. The lowest BCUT2D eigenvalue weighted by molar-refractivity contribution is -0.384. The highest BCUT2D eigenvalue weighted by Gasteiger charge is 2.29. The van der Waals surface area contributed by atoms with Crippen molar-refractivity contribution in [2.24, 2.45) is 0 Å². The van der Waals surface area contributed by atoms with E-state index in [0.29, 0.717) is 11.3 Å². The standard InChI is InChI=1S/C8H11ClN2O4S2/c1-5(2)10(3)17(14,15)7-4-6(11(12)13)8(9)16-7/h4-5H,1-3H3. The van der Waals surface area contributed by atoms with Crippen molar-refractivity contribution in [3.05, 3.63) is 20.5 Å². The van der Waals surface area contributed by atoms with Crippen molar-refractivity contribution in [2.45, 2.75) is 24.1 Å². The third-order valence-electron chi connectivity index (χ3n) is 2.20. The first-order valence-corrected chi connectivity index (χ1v) is 7.23. The van der Waals surface area contributed by atoms with Gasteiger partial charge in [0, 0.05) is 19.2 Å². The molecule has 9 heteroatoms. The number of nitrogens with zero attached hydrogens (tertiary/aromatic N) is 2. The van der Waals surface area contributed by atoms with E-state index in [9.17, 15) is 18.5 Å². The van der Waals surface area contributed by atoms with E-state index in [2.05, 4.69) is 0 Å². The Kier molecular flexibility index (Phi) is 4.13. The molecule has 0 saturated carbocycles. The Labute approximate surface area is 108 Å². The Balaban J connectivity index is 3.26. The zero-order chi connectivity index (χ0) is 13.4.